The largest absolute Gasteiger partial charge is 0.307 e. The summed E-state index contributed by atoms with van der Waals surface area (Å²) in [6.45, 7) is 5.10. The summed E-state index contributed by atoms with van der Waals surface area (Å²) in [6.07, 6.45) is 0. The van der Waals surface area contributed by atoms with Crippen LogP contribution in [0.3, 0.4) is 0 Å². The van der Waals surface area contributed by atoms with Crippen LogP contribution in [-0.4, -0.2) is 6.54 Å². The predicted octanol–water partition coefficient (Wildman–Crippen LogP) is 4.35. The Kier molecular flexibility index (Phi) is 4.40. The summed E-state index contributed by atoms with van der Waals surface area (Å²) in [6, 6.07) is 16.9. The number of nitrogens with one attached hydrogen (secondary N) is 1. The van der Waals surface area contributed by atoms with Crippen LogP contribution in [0.15, 0.2) is 48.5 Å². The van der Waals surface area contributed by atoms with Gasteiger partial charge in [0, 0.05) is 5.02 Å². The summed E-state index contributed by atoms with van der Waals surface area (Å²) in [4.78, 5) is 0. The van der Waals surface area contributed by atoms with E-state index in [1.807, 2.05) is 19.1 Å². The Morgan fingerprint density at radius 2 is 1.78 bits per heavy atom. The first-order valence-electron chi connectivity index (χ1n) is 6.26. The minimum Gasteiger partial charge on any atom is -0.307 e. The van der Waals surface area contributed by atoms with E-state index in [9.17, 15) is 0 Å². The van der Waals surface area contributed by atoms with Crippen molar-refractivity contribution in [3.63, 3.8) is 0 Å². The molecule has 0 radical (unpaired) electrons. The third kappa shape index (κ3) is 2.92. The minimum atomic E-state index is 0.229. The second-order valence-corrected chi connectivity index (χ2v) is 4.82. The molecule has 0 spiro atoms. The molecule has 0 aromatic heterocycles. The second kappa shape index (κ2) is 6.03. The Hall–Kier alpha value is -1.31. The first-order chi connectivity index (χ1) is 8.72. The molecule has 1 atom stereocenters. The first kappa shape index (κ1) is 13.1. The molecule has 1 N–H and O–H groups in total. The fourth-order valence-electron chi connectivity index (χ4n) is 2.13. The third-order valence-corrected chi connectivity index (χ3v) is 3.48. The Labute approximate surface area is 114 Å². The number of rotatable bonds is 4. The number of benzene rings is 2. The molecule has 94 valence electrons. The summed E-state index contributed by atoms with van der Waals surface area (Å²) in [5.41, 5.74) is 3.65. The van der Waals surface area contributed by atoms with Gasteiger partial charge in [0.15, 0.2) is 0 Å². The van der Waals surface area contributed by atoms with Crippen molar-refractivity contribution in [2.24, 2.45) is 0 Å². The molecule has 0 aliphatic heterocycles. The van der Waals surface area contributed by atoms with E-state index in [0.717, 1.165) is 17.1 Å². The Bertz CT molecular complexity index is 508. The van der Waals surface area contributed by atoms with Gasteiger partial charge >= 0.3 is 0 Å². The molecule has 0 saturated carbocycles. The van der Waals surface area contributed by atoms with E-state index in [-0.39, 0.29) is 6.04 Å². The van der Waals surface area contributed by atoms with Gasteiger partial charge in [-0.15, -0.1) is 0 Å². The number of aryl methyl sites for hydroxylation is 1. The molecule has 0 amide bonds. The van der Waals surface area contributed by atoms with Crippen molar-refractivity contribution in [2.45, 2.75) is 19.9 Å². The van der Waals surface area contributed by atoms with Crippen molar-refractivity contribution in [3.05, 3.63) is 70.2 Å². The highest BCUT2D eigenvalue weighted by Gasteiger charge is 2.13. The van der Waals surface area contributed by atoms with Crippen molar-refractivity contribution in [1.82, 2.24) is 5.32 Å². The zero-order valence-corrected chi connectivity index (χ0v) is 11.5. The fraction of sp³-hybridized carbons (Fsp3) is 0.250. The van der Waals surface area contributed by atoms with Crippen LogP contribution >= 0.6 is 11.6 Å². The van der Waals surface area contributed by atoms with E-state index in [1.165, 1.54) is 11.1 Å². The van der Waals surface area contributed by atoms with Gasteiger partial charge in [-0.25, -0.2) is 0 Å². The van der Waals surface area contributed by atoms with Crippen LogP contribution in [0, 0.1) is 6.92 Å². The summed E-state index contributed by atoms with van der Waals surface area (Å²) >= 11 is 6.09. The van der Waals surface area contributed by atoms with E-state index in [2.05, 4.69) is 48.6 Å². The molecule has 0 heterocycles. The Balaban J connectivity index is 2.38. The molecule has 0 fully saturated rings. The Morgan fingerprint density at radius 3 is 2.39 bits per heavy atom. The average Bonchev–Trinajstić information content (AvgIpc) is 2.40. The molecule has 2 aromatic carbocycles. The van der Waals surface area contributed by atoms with Gasteiger partial charge in [-0.2, -0.15) is 0 Å². The lowest BCUT2D eigenvalue weighted by molar-refractivity contribution is 0.630. The SMILES string of the molecule is CCNC(c1ccccc1)c1ccc(Cl)c(C)c1. The number of hydrogen-bond donors (Lipinski definition) is 1. The predicted molar refractivity (Wildman–Crippen MR) is 78.2 cm³/mol. The van der Waals surface area contributed by atoms with Crippen LogP contribution in [0.4, 0.5) is 0 Å². The van der Waals surface area contributed by atoms with E-state index in [0.29, 0.717) is 0 Å². The van der Waals surface area contributed by atoms with Gasteiger partial charge in [-0.05, 0) is 36.2 Å². The molecular weight excluding hydrogens is 242 g/mol. The highest BCUT2D eigenvalue weighted by Crippen LogP contribution is 2.25. The molecule has 0 aliphatic rings. The molecule has 0 saturated heterocycles. The highest BCUT2D eigenvalue weighted by atomic mass is 35.5. The lowest BCUT2D eigenvalue weighted by atomic mass is 9.97. The lowest BCUT2D eigenvalue weighted by Crippen LogP contribution is -2.21. The van der Waals surface area contributed by atoms with Gasteiger partial charge in [0.05, 0.1) is 6.04 Å². The van der Waals surface area contributed by atoms with E-state index < -0.39 is 0 Å². The van der Waals surface area contributed by atoms with E-state index in [4.69, 9.17) is 11.6 Å². The van der Waals surface area contributed by atoms with Gasteiger partial charge in [0.2, 0.25) is 0 Å². The van der Waals surface area contributed by atoms with E-state index >= 15 is 0 Å². The molecule has 2 rings (SSSR count). The maximum absolute atomic E-state index is 6.09. The topological polar surface area (TPSA) is 12.0 Å². The van der Waals surface area contributed by atoms with Gasteiger partial charge in [-0.1, -0.05) is 61.0 Å². The van der Waals surface area contributed by atoms with Crippen molar-refractivity contribution in [3.8, 4) is 0 Å². The molecule has 0 bridgehead atoms. The van der Waals surface area contributed by atoms with Crippen LogP contribution in [0.5, 0.6) is 0 Å². The van der Waals surface area contributed by atoms with Crippen molar-refractivity contribution in [2.75, 3.05) is 6.54 Å². The zero-order chi connectivity index (χ0) is 13.0. The maximum Gasteiger partial charge on any atom is 0.0576 e. The summed E-state index contributed by atoms with van der Waals surface area (Å²) in [5, 5.41) is 4.34. The minimum absolute atomic E-state index is 0.229. The maximum atomic E-state index is 6.09. The fourth-order valence-corrected chi connectivity index (χ4v) is 2.24. The zero-order valence-electron chi connectivity index (χ0n) is 10.8. The summed E-state index contributed by atoms with van der Waals surface area (Å²) < 4.78 is 0. The van der Waals surface area contributed by atoms with Gasteiger partial charge in [0.1, 0.15) is 0 Å². The molecule has 1 unspecified atom stereocenters. The smallest absolute Gasteiger partial charge is 0.0576 e. The average molecular weight is 260 g/mol. The van der Waals surface area contributed by atoms with Crippen molar-refractivity contribution < 1.29 is 0 Å². The Morgan fingerprint density at radius 1 is 1.06 bits per heavy atom. The van der Waals surface area contributed by atoms with Crippen LogP contribution in [0.1, 0.15) is 29.7 Å². The monoisotopic (exact) mass is 259 g/mol. The van der Waals surface area contributed by atoms with Gasteiger partial charge < -0.3 is 5.32 Å². The van der Waals surface area contributed by atoms with Crippen LogP contribution < -0.4 is 5.32 Å². The number of hydrogen-bond acceptors (Lipinski definition) is 1. The van der Waals surface area contributed by atoms with Crippen molar-refractivity contribution >= 4 is 11.6 Å². The molecule has 0 aliphatic carbocycles. The van der Waals surface area contributed by atoms with Crippen LogP contribution in [-0.2, 0) is 0 Å². The van der Waals surface area contributed by atoms with Crippen molar-refractivity contribution in [1.29, 1.82) is 0 Å². The molecule has 18 heavy (non-hydrogen) atoms. The van der Waals surface area contributed by atoms with Gasteiger partial charge in [-0.3, -0.25) is 0 Å². The van der Waals surface area contributed by atoms with E-state index in [1.54, 1.807) is 0 Å². The first-order valence-corrected chi connectivity index (χ1v) is 6.64. The normalized spacial score (nSPS) is 12.4. The standard InChI is InChI=1S/C16H18ClN/c1-3-18-16(13-7-5-4-6-8-13)14-9-10-15(17)12(2)11-14/h4-11,16,18H,3H2,1-2H3. The van der Waals surface area contributed by atoms with Crippen LogP contribution in [0.25, 0.3) is 0 Å². The summed E-state index contributed by atoms with van der Waals surface area (Å²) in [7, 11) is 0. The molecule has 2 aromatic rings. The molecule has 1 nitrogen and oxygen atoms in total. The quantitative estimate of drug-likeness (QED) is 0.861. The number of halogens is 1. The van der Waals surface area contributed by atoms with Gasteiger partial charge in [0.25, 0.3) is 0 Å². The third-order valence-electron chi connectivity index (χ3n) is 3.06. The van der Waals surface area contributed by atoms with Crippen LogP contribution in [0.2, 0.25) is 5.02 Å². The summed E-state index contributed by atoms with van der Waals surface area (Å²) in [5.74, 6) is 0. The highest BCUT2D eigenvalue weighted by molar-refractivity contribution is 6.31. The molecular formula is C16H18ClN. The molecule has 2 heteroatoms. The lowest BCUT2D eigenvalue weighted by Gasteiger charge is -2.19. The second-order valence-electron chi connectivity index (χ2n) is 4.41.